The van der Waals surface area contributed by atoms with Crippen molar-refractivity contribution in [2.45, 2.75) is 31.9 Å². The lowest BCUT2D eigenvalue weighted by Crippen LogP contribution is -2.54. The molecule has 2 rings (SSSR count). The number of amides is 1. The van der Waals surface area contributed by atoms with E-state index >= 15 is 0 Å². The summed E-state index contributed by atoms with van der Waals surface area (Å²) in [7, 11) is 1.60. The Bertz CT molecular complexity index is 503. The van der Waals surface area contributed by atoms with Crippen LogP contribution in [0.3, 0.4) is 0 Å². The zero-order valence-electron chi connectivity index (χ0n) is 14.6. The fourth-order valence-electron chi connectivity index (χ4n) is 3.07. The van der Waals surface area contributed by atoms with E-state index in [2.05, 4.69) is 22.5 Å². The fourth-order valence-corrected chi connectivity index (χ4v) is 3.07. The summed E-state index contributed by atoms with van der Waals surface area (Å²) >= 11 is 0. The quantitative estimate of drug-likeness (QED) is 0.758. The number of piperazine rings is 1. The predicted molar refractivity (Wildman–Crippen MR) is 92.3 cm³/mol. The van der Waals surface area contributed by atoms with Crippen LogP contribution in [0.5, 0.6) is 0 Å². The van der Waals surface area contributed by atoms with E-state index in [1.807, 2.05) is 0 Å². The molecule has 1 aromatic carbocycles. The van der Waals surface area contributed by atoms with Crippen LogP contribution < -0.4 is 10.6 Å². The lowest BCUT2D eigenvalue weighted by atomic mass is 10.1. The van der Waals surface area contributed by atoms with E-state index in [-0.39, 0.29) is 23.9 Å². The fraction of sp³-hybridized carbons (Fsp3) is 0.611. The van der Waals surface area contributed by atoms with Gasteiger partial charge in [-0.15, -0.1) is 0 Å². The van der Waals surface area contributed by atoms with Crippen molar-refractivity contribution < 1.29 is 13.9 Å². The van der Waals surface area contributed by atoms with Crippen LogP contribution in [-0.2, 0) is 9.53 Å². The summed E-state index contributed by atoms with van der Waals surface area (Å²) in [5, 5.41) is 6.32. The van der Waals surface area contributed by atoms with E-state index in [1.165, 1.54) is 12.1 Å². The van der Waals surface area contributed by atoms with Gasteiger partial charge in [0.25, 0.3) is 0 Å². The monoisotopic (exact) mass is 337 g/mol. The van der Waals surface area contributed by atoms with E-state index in [0.717, 1.165) is 44.6 Å². The molecule has 1 saturated heterocycles. The highest BCUT2D eigenvalue weighted by atomic mass is 19.1. The molecule has 134 valence electrons. The molecule has 0 radical (unpaired) electrons. The normalized spacial score (nSPS) is 18.1. The summed E-state index contributed by atoms with van der Waals surface area (Å²) in [5.74, 6) is -0.234. The van der Waals surface area contributed by atoms with Crippen molar-refractivity contribution in [2.24, 2.45) is 0 Å². The van der Waals surface area contributed by atoms with Crippen LogP contribution in [0.25, 0.3) is 0 Å². The lowest BCUT2D eigenvalue weighted by Gasteiger charge is -2.34. The molecule has 1 aliphatic heterocycles. The molecule has 0 aromatic heterocycles. The minimum absolute atomic E-state index is 0.0444. The Balaban J connectivity index is 1.93. The minimum atomic E-state index is -0.278. The molecule has 1 aromatic rings. The first-order valence-corrected chi connectivity index (χ1v) is 8.66. The van der Waals surface area contributed by atoms with Gasteiger partial charge in [-0.25, -0.2) is 4.39 Å². The first-order chi connectivity index (χ1) is 11.7. The Labute approximate surface area is 143 Å². The number of rotatable bonds is 8. The van der Waals surface area contributed by atoms with Gasteiger partial charge in [-0.2, -0.15) is 0 Å². The first kappa shape index (κ1) is 18.8. The van der Waals surface area contributed by atoms with Crippen LogP contribution in [0.2, 0.25) is 0 Å². The third-order valence-corrected chi connectivity index (χ3v) is 4.45. The van der Waals surface area contributed by atoms with Gasteiger partial charge in [0, 0.05) is 39.8 Å². The van der Waals surface area contributed by atoms with Crippen molar-refractivity contribution in [2.75, 3.05) is 39.8 Å². The van der Waals surface area contributed by atoms with E-state index in [4.69, 9.17) is 4.74 Å². The lowest BCUT2D eigenvalue weighted by molar-refractivity contribution is -0.127. The topological polar surface area (TPSA) is 53.6 Å². The number of hydrogen-bond donors (Lipinski definition) is 2. The largest absolute Gasteiger partial charge is 0.375 e. The Morgan fingerprint density at radius 3 is 2.58 bits per heavy atom. The zero-order chi connectivity index (χ0) is 17.4. The molecular weight excluding hydrogens is 309 g/mol. The number of benzene rings is 1. The Kier molecular flexibility index (Phi) is 7.62. The second kappa shape index (κ2) is 9.71. The third-order valence-electron chi connectivity index (χ3n) is 4.45. The van der Waals surface area contributed by atoms with Gasteiger partial charge in [0.05, 0.1) is 12.1 Å². The molecule has 2 atom stereocenters. The maximum atomic E-state index is 13.0. The van der Waals surface area contributed by atoms with E-state index in [0.29, 0.717) is 6.54 Å². The number of halogens is 1. The smallest absolute Gasteiger partial charge is 0.237 e. The number of nitrogens with one attached hydrogen (secondary N) is 2. The van der Waals surface area contributed by atoms with E-state index < -0.39 is 0 Å². The van der Waals surface area contributed by atoms with Gasteiger partial charge in [-0.05, 0) is 24.1 Å². The molecule has 0 aliphatic carbocycles. The van der Waals surface area contributed by atoms with E-state index in [1.54, 1.807) is 19.2 Å². The molecular formula is C18H28FN3O2. The van der Waals surface area contributed by atoms with E-state index in [9.17, 15) is 9.18 Å². The Hall–Kier alpha value is -1.50. The molecule has 0 unspecified atom stereocenters. The van der Waals surface area contributed by atoms with Crippen molar-refractivity contribution in [3.8, 4) is 0 Å². The number of carbonyl (C=O) groups is 1. The van der Waals surface area contributed by atoms with Crippen LogP contribution >= 0.6 is 0 Å². The van der Waals surface area contributed by atoms with Crippen LogP contribution in [0.15, 0.2) is 24.3 Å². The standard InChI is InChI=1S/C18H28FN3O2/c1-3-4-16(22-11-9-20-10-12-22)18(23)21-13-17(24-2)14-5-7-15(19)8-6-14/h5-8,16-17,20H,3-4,9-13H2,1-2H3,(H,21,23)/t16-,17+/m1/s1. The summed E-state index contributed by atoms with van der Waals surface area (Å²) in [6, 6.07) is 6.10. The maximum absolute atomic E-state index is 13.0. The first-order valence-electron chi connectivity index (χ1n) is 8.66. The third kappa shape index (κ3) is 5.26. The molecule has 0 bridgehead atoms. The van der Waals surface area contributed by atoms with Crippen molar-refractivity contribution >= 4 is 5.91 Å². The molecule has 0 saturated carbocycles. The Morgan fingerprint density at radius 1 is 1.33 bits per heavy atom. The molecule has 5 nitrogen and oxygen atoms in total. The highest BCUT2D eigenvalue weighted by Gasteiger charge is 2.26. The van der Waals surface area contributed by atoms with Crippen LogP contribution in [0.1, 0.15) is 31.4 Å². The van der Waals surface area contributed by atoms with Gasteiger partial charge in [0.1, 0.15) is 5.82 Å². The Morgan fingerprint density at radius 2 is 2.00 bits per heavy atom. The van der Waals surface area contributed by atoms with Gasteiger partial charge in [-0.3, -0.25) is 9.69 Å². The second-order valence-corrected chi connectivity index (χ2v) is 6.11. The summed E-state index contributed by atoms with van der Waals surface area (Å²) in [4.78, 5) is 14.9. The molecule has 1 aliphatic rings. The summed E-state index contributed by atoms with van der Waals surface area (Å²) in [5.41, 5.74) is 0.855. The number of carbonyl (C=O) groups excluding carboxylic acids is 1. The van der Waals surface area contributed by atoms with Crippen molar-refractivity contribution in [3.05, 3.63) is 35.6 Å². The molecule has 1 amide bonds. The second-order valence-electron chi connectivity index (χ2n) is 6.11. The molecule has 24 heavy (non-hydrogen) atoms. The van der Waals surface area contributed by atoms with Gasteiger partial charge < -0.3 is 15.4 Å². The molecule has 2 N–H and O–H groups in total. The minimum Gasteiger partial charge on any atom is -0.375 e. The number of hydrogen-bond acceptors (Lipinski definition) is 4. The van der Waals surface area contributed by atoms with Crippen molar-refractivity contribution in [1.82, 2.24) is 15.5 Å². The summed E-state index contributed by atoms with van der Waals surface area (Å²) in [6.45, 7) is 6.10. The highest BCUT2D eigenvalue weighted by molar-refractivity contribution is 5.81. The molecule has 0 spiro atoms. The number of ether oxygens (including phenoxy) is 1. The molecule has 6 heteroatoms. The number of nitrogens with zero attached hydrogens (tertiary/aromatic N) is 1. The van der Waals surface area contributed by atoms with Crippen LogP contribution in [0, 0.1) is 5.82 Å². The van der Waals surface area contributed by atoms with Crippen LogP contribution in [-0.4, -0.2) is 56.7 Å². The summed E-state index contributed by atoms with van der Waals surface area (Å²) in [6.07, 6.45) is 1.54. The van der Waals surface area contributed by atoms with Gasteiger partial charge in [-0.1, -0.05) is 25.5 Å². The molecule has 1 fully saturated rings. The average Bonchev–Trinajstić information content (AvgIpc) is 2.62. The molecule has 1 heterocycles. The maximum Gasteiger partial charge on any atom is 0.237 e. The van der Waals surface area contributed by atoms with Crippen molar-refractivity contribution in [1.29, 1.82) is 0 Å². The van der Waals surface area contributed by atoms with Gasteiger partial charge >= 0.3 is 0 Å². The SMILES string of the molecule is CCC[C@H](C(=O)NC[C@H](OC)c1ccc(F)cc1)N1CCNCC1. The van der Waals surface area contributed by atoms with Gasteiger partial charge in [0.15, 0.2) is 0 Å². The average molecular weight is 337 g/mol. The zero-order valence-corrected chi connectivity index (χ0v) is 14.6. The van der Waals surface area contributed by atoms with Crippen LogP contribution in [0.4, 0.5) is 4.39 Å². The van der Waals surface area contributed by atoms with Gasteiger partial charge in [0.2, 0.25) is 5.91 Å². The predicted octanol–water partition coefficient (Wildman–Crippen LogP) is 1.70. The highest BCUT2D eigenvalue weighted by Crippen LogP contribution is 2.17. The van der Waals surface area contributed by atoms with Crippen molar-refractivity contribution in [3.63, 3.8) is 0 Å². The summed E-state index contributed by atoms with van der Waals surface area (Å²) < 4.78 is 18.5. The number of methoxy groups -OCH3 is 1.